The average molecular weight is 213 g/mol. The largest absolute Gasteiger partial charge is 0.366 e. The molecule has 16 heavy (non-hydrogen) atoms. The fourth-order valence-electron chi connectivity index (χ4n) is 1.47. The molecule has 1 heterocycles. The number of anilines is 1. The molecule has 0 saturated carbocycles. The third-order valence-electron chi connectivity index (χ3n) is 2.17. The molecule has 0 saturated heterocycles. The van der Waals surface area contributed by atoms with Crippen LogP contribution in [-0.4, -0.2) is 16.2 Å². The molecular weight excluding hydrogens is 198 g/mol. The van der Waals surface area contributed by atoms with Crippen molar-refractivity contribution in [1.82, 2.24) is 10.2 Å². The number of rotatable bonds is 3. The van der Waals surface area contributed by atoms with Crippen LogP contribution in [0.5, 0.6) is 0 Å². The molecule has 0 atom stereocenters. The summed E-state index contributed by atoms with van der Waals surface area (Å²) < 4.78 is 0. The smallest absolute Gasteiger partial charge is 0.148 e. The van der Waals surface area contributed by atoms with Crippen molar-refractivity contribution >= 4 is 5.82 Å². The second-order valence-electron chi connectivity index (χ2n) is 3.97. The maximum absolute atomic E-state index is 4.19. The summed E-state index contributed by atoms with van der Waals surface area (Å²) in [6, 6.07) is 14.3. The fourth-order valence-corrected chi connectivity index (χ4v) is 1.47. The van der Waals surface area contributed by atoms with Crippen molar-refractivity contribution in [3.05, 3.63) is 42.5 Å². The number of hydrogen-bond donors (Lipinski definition) is 1. The van der Waals surface area contributed by atoms with Crippen LogP contribution in [0.2, 0.25) is 0 Å². The molecule has 0 fully saturated rings. The first-order chi connectivity index (χ1) is 7.75. The molecule has 1 N–H and O–H groups in total. The molecule has 3 heteroatoms. The molecule has 0 aliphatic rings. The summed E-state index contributed by atoms with van der Waals surface area (Å²) in [5.74, 6) is 0.815. The summed E-state index contributed by atoms with van der Waals surface area (Å²) in [5, 5.41) is 11.5. The van der Waals surface area contributed by atoms with Crippen molar-refractivity contribution in [2.24, 2.45) is 0 Å². The van der Waals surface area contributed by atoms with Gasteiger partial charge in [0.15, 0.2) is 0 Å². The summed E-state index contributed by atoms with van der Waals surface area (Å²) >= 11 is 0. The minimum absolute atomic E-state index is 0.372. The van der Waals surface area contributed by atoms with Gasteiger partial charge in [-0.2, -0.15) is 0 Å². The van der Waals surface area contributed by atoms with Crippen LogP contribution in [0.3, 0.4) is 0 Å². The molecule has 2 aromatic rings. The van der Waals surface area contributed by atoms with Gasteiger partial charge in [0.05, 0.1) is 5.69 Å². The fraction of sp³-hybridized carbons (Fsp3) is 0.231. The van der Waals surface area contributed by atoms with E-state index in [4.69, 9.17) is 0 Å². The van der Waals surface area contributed by atoms with Crippen LogP contribution < -0.4 is 5.32 Å². The lowest BCUT2D eigenvalue weighted by molar-refractivity contribution is 0.874. The van der Waals surface area contributed by atoms with Crippen molar-refractivity contribution < 1.29 is 0 Å². The Balaban J connectivity index is 2.20. The highest BCUT2D eigenvalue weighted by molar-refractivity contribution is 5.59. The highest BCUT2D eigenvalue weighted by Gasteiger charge is 2.00. The van der Waals surface area contributed by atoms with E-state index >= 15 is 0 Å². The molecule has 0 aliphatic carbocycles. The molecule has 0 bridgehead atoms. The highest BCUT2D eigenvalue weighted by Crippen LogP contribution is 2.16. The molecule has 1 aromatic carbocycles. The quantitative estimate of drug-likeness (QED) is 0.851. The van der Waals surface area contributed by atoms with Gasteiger partial charge in [0.25, 0.3) is 0 Å². The first-order valence-electron chi connectivity index (χ1n) is 5.41. The Morgan fingerprint density at radius 2 is 1.69 bits per heavy atom. The maximum Gasteiger partial charge on any atom is 0.148 e. The van der Waals surface area contributed by atoms with E-state index in [-0.39, 0.29) is 0 Å². The molecule has 0 aliphatic heterocycles. The molecule has 82 valence electrons. The van der Waals surface area contributed by atoms with Gasteiger partial charge in [-0.25, -0.2) is 0 Å². The van der Waals surface area contributed by atoms with Crippen LogP contribution in [0.25, 0.3) is 11.3 Å². The number of aromatic nitrogens is 2. The van der Waals surface area contributed by atoms with E-state index in [1.165, 1.54) is 0 Å². The Morgan fingerprint density at radius 3 is 2.25 bits per heavy atom. The first kappa shape index (κ1) is 10.6. The van der Waals surface area contributed by atoms with Gasteiger partial charge in [-0.3, -0.25) is 0 Å². The predicted octanol–water partition coefficient (Wildman–Crippen LogP) is 2.96. The molecule has 0 radical (unpaired) electrons. The summed E-state index contributed by atoms with van der Waals surface area (Å²) in [6.07, 6.45) is 0. The Morgan fingerprint density at radius 1 is 0.938 bits per heavy atom. The lowest BCUT2D eigenvalue weighted by Crippen LogP contribution is -2.11. The van der Waals surface area contributed by atoms with Gasteiger partial charge in [0, 0.05) is 11.6 Å². The van der Waals surface area contributed by atoms with Crippen LogP contribution in [0.4, 0.5) is 5.82 Å². The van der Waals surface area contributed by atoms with Crippen LogP contribution in [0.15, 0.2) is 42.5 Å². The predicted molar refractivity (Wildman–Crippen MR) is 66.2 cm³/mol. The molecule has 2 rings (SSSR count). The van der Waals surface area contributed by atoms with E-state index in [2.05, 4.69) is 29.4 Å². The average Bonchev–Trinajstić information content (AvgIpc) is 2.30. The van der Waals surface area contributed by atoms with E-state index in [0.29, 0.717) is 6.04 Å². The topological polar surface area (TPSA) is 37.8 Å². The van der Waals surface area contributed by atoms with E-state index in [9.17, 15) is 0 Å². The Hall–Kier alpha value is -1.90. The lowest BCUT2D eigenvalue weighted by Gasteiger charge is -2.08. The maximum atomic E-state index is 4.19. The van der Waals surface area contributed by atoms with Crippen molar-refractivity contribution in [2.75, 3.05) is 5.32 Å². The Bertz CT molecular complexity index is 434. The second kappa shape index (κ2) is 4.75. The number of nitrogens with one attached hydrogen (secondary N) is 1. The van der Waals surface area contributed by atoms with Gasteiger partial charge in [0.1, 0.15) is 5.82 Å². The first-order valence-corrected chi connectivity index (χ1v) is 5.41. The number of benzene rings is 1. The highest BCUT2D eigenvalue weighted by atomic mass is 15.2. The zero-order chi connectivity index (χ0) is 11.4. The van der Waals surface area contributed by atoms with Gasteiger partial charge < -0.3 is 5.32 Å². The van der Waals surface area contributed by atoms with Crippen molar-refractivity contribution in [1.29, 1.82) is 0 Å². The second-order valence-corrected chi connectivity index (χ2v) is 3.97. The van der Waals surface area contributed by atoms with Crippen molar-refractivity contribution in [3.63, 3.8) is 0 Å². The van der Waals surface area contributed by atoms with Gasteiger partial charge in [-0.1, -0.05) is 30.3 Å². The van der Waals surface area contributed by atoms with Gasteiger partial charge in [0.2, 0.25) is 0 Å². The molecule has 0 unspecified atom stereocenters. The monoisotopic (exact) mass is 213 g/mol. The van der Waals surface area contributed by atoms with Gasteiger partial charge >= 0.3 is 0 Å². The van der Waals surface area contributed by atoms with Crippen LogP contribution >= 0.6 is 0 Å². The zero-order valence-electron chi connectivity index (χ0n) is 9.51. The van der Waals surface area contributed by atoms with E-state index in [1.807, 2.05) is 42.5 Å². The Labute approximate surface area is 95.5 Å². The number of hydrogen-bond acceptors (Lipinski definition) is 3. The Kier molecular flexibility index (Phi) is 3.15. The summed E-state index contributed by atoms with van der Waals surface area (Å²) in [4.78, 5) is 0. The van der Waals surface area contributed by atoms with Crippen LogP contribution in [-0.2, 0) is 0 Å². The molecule has 1 aromatic heterocycles. The molecule has 3 nitrogen and oxygen atoms in total. The summed E-state index contributed by atoms with van der Waals surface area (Å²) in [7, 11) is 0. The standard InChI is InChI=1S/C13H15N3/c1-10(2)14-13-9-8-12(15-16-13)11-6-4-3-5-7-11/h3-10H,1-2H3,(H,14,16). The third kappa shape index (κ3) is 2.57. The number of nitrogens with zero attached hydrogens (tertiary/aromatic N) is 2. The minimum atomic E-state index is 0.372. The SMILES string of the molecule is CC(C)Nc1ccc(-c2ccccc2)nn1. The van der Waals surface area contributed by atoms with Gasteiger partial charge in [-0.15, -0.1) is 10.2 Å². The zero-order valence-corrected chi connectivity index (χ0v) is 9.51. The molecule has 0 spiro atoms. The molecular formula is C13H15N3. The van der Waals surface area contributed by atoms with E-state index in [1.54, 1.807) is 0 Å². The summed E-state index contributed by atoms with van der Waals surface area (Å²) in [5.41, 5.74) is 1.99. The van der Waals surface area contributed by atoms with Crippen molar-refractivity contribution in [3.8, 4) is 11.3 Å². The van der Waals surface area contributed by atoms with E-state index in [0.717, 1.165) is 17.1 Å². The van der Waals surface area contributed by atoms with E-state index < -0.39 is 0 Å². The van der Waals surface area contributed by atoms with Crippen molar-refractivity contribution in [2.45, 2.75) is 19.9 Å². The normalized spacial score (nSPS) is 10.4. The third-order valence-corrected chi connectivity index (χ3v) is 2.17. The van der Waals surface area contributed by atoms with Crippen LogP contribution in [0.1, 0.15) is 13.8 Å². The molecule has 0 amide bonds. The lowest BCUT2D eigenvalue weighted by atomic mass is 10.1. The summed E-state index contributed by atoms with van der Waals surface area (Å²) in [6.45, 7) is 4.15. The minimum Gasteiger partial charge on any atom is -0.366 e. The van der Waals surface area contributed by atoms with Gasteiger partial charge in [-0.05, 0) is 26.0 Å². The van der Waals surface area contributed by atoms with Crippen LogP contribution in [0, 0.1) is 0 Å².